The zero-order valence-corrected chi connectivity index (χ0v) is 14.8. The summed E-state index contributed by atoms with van der Waals surface area (Å²) in [6.45, 7) is 0.118. The van der Waals surface area contributed by atoms with Crippen LogP contribution in [0.3, 0.4) is 0 Å². The standard InChI is InChI=1S/C17H15F3INO2/c18-14-7-12(21)2-1-10(14)5-11-6-15(19)16(20)8-13(11)17(23)9-24-4-3-22/h1-2,6-8H,3-5,9,22H2. The number of ketones is 1. The first kappa shape index (κ1) is 18.9. The van der Waals surface area contributed by atoms with Crippen LogP contribution in [-0.2, 0) is 11.2 Å². The van der Waals surface area contributed by atoms with Crippen LogP contribution < -0.4 is 5.73 Å². The Morgan fingerprint density at radius 1 is 1.04 bits per heavy atom. The molecule has 0 atom stereocenters. The molecule has 0 radical (unpaired) electrons. The number of ether oxygens (including phenoxy) is 1. The zero-order valence-electron chi connectivity index (χ0n) is 12.6. The number of nitrogens with two attached hydrogens (primary N) is 1. The van der Waals surface area contributed by atoms with Gasteiger partial charge in [-0.15, -0.1) is 0 Å². The van der Waals surface area contributed by atoms with E-state index < -0.39 is 23.2 Å². The molecule has 0 aliphatic rings. The van der Waals surface area contributed by atoms with Crippen molar-refractivity contribution >= 4 is 28.4 Å². The average molecular weight is 449 g/mol. The minimum atomic E-state index is -1.14. The molecule has 2 N–H and O–H groups in total. The van der Waals surface area contributed by atoms with Crippen molar-refractivity contribution in [3.05, 3.63) is 68.0 Å². The number of Topliss-reactive ketones (excluding diaryl/α,β-unsaturated/α-hetero) is 1. The maximum Gasteiger partial charge on any atom is 0.188 e. The van der Waals surface area contributed by atoms with E-state index in [0.29, 0.717) is 9.13 Å². The van der Waals surface area contributed by atoms with Gasteiger partial charge in [-0.05, 0) is 58.0 Å². The molecule has 0 heterocycles. The normalized spacial score (nSPS) is 10.9. The third kappa shape index (κ3) is 4.78. The highest BCUT2D eigenvalue weighted by atomic mass is 127. The molecule has 3 nitrogen and oxygen atoms in total. The Bertz CT molecular complexity index is 753. The summed E-state index contributed by atoms with van der Waals surface area (Å²) in [5.74, 6) is -3.20. The Labute approximate surface area is 151 Å². The first-order chi connectivity index (χ1) is 11.4. The summed E-state index contributed by atoms with van der Waals surface area (Å²) >= 11 is 1.97. The number of hydrogen-bond acceptors (Lipinski definition) is 3. The smallest absolute Gasteiger partial charge is 0.188 e. The zero-order chi connectivity index (χ0) is 17.7. The average Bonchev–Trinajstić information content (AvgIpc) is 2.53. The maximum absolute atomic E-state index is 14.0. The molecule has 0 aliphatic heterocycles. The quantitative estimate of drug-likeness (QED) is 0.401. The first-order valence-electron chi connectivity index (χ1n) is 7.15. The Balaban J connectivity index is 2.33. The number of carbonyl (C=O) groups excluding carboxylic acids is 1. The lowest BCUT2D eigenvalue weighted by Crippen LogP contribution is -2.16. The van der Waals surface area contributed by atoms with Crippen molar-refractivity contribution in [2.75, 3.05) is 19.8 Å². The van der Waals surface area contributed by atoms with Crippen molar-refractivity contribution < 1.29 is 22.7 Å². The van der Waals surface area contributed by atoms with Gasteiger partial charge < -0.3 is 10.5 Å². The van der Waals surface area contributed by atoms with Crippen LogP contribution >= 0.6 is 22.6 Å². The minimum absolute atomic E-state index is 0.0242. The van der Waals surface area contributed by atoms with E-state index in [1.807, 2.05) is 22.6 Å². The Kier molecular flexibility index (Phi) is 6.76. The van der Waals surface area contributed by atoms with Crippen LogP contribution in [0.5, 0.6) is 0 Å². The van der Waals surface area contributed by atoms with Crippen molar-refractivity contribution in [1.82, 2.24) is 0 Å². The second-order valence-corrected chi connectivity index (χ2v) is 6.35. The van der Waals surface area contributed by atoms with Gasteiger partial charge in [0.05, 0.1) is 6.61 Å². The van der Waals surface area contributed by atoms with E-state index in [1.165, 1.54) is 6.07 Å². The number of benzene rings is 2. The van der Waals surface area contributed by atoms with Gasteiger partial charge in [-0.25, -0.2) is 13.2 Å². The summed E-state index contributed by atoms with van der Waals surface area (Å²) in [4.78, 5) is 12.2. The molecule has 7 heteroatoms. The van der Waals surface area contributed by atoms with Crippen molar-refractivity contribution in [1.29, 1.82) is 0 Å². The van der Waals surface area contributed by atoms with Crippen LogP contribution in [0.1, 0.15) is 21.5 Å². The van der Waals surface area contributed by atoms with Gasteiger partial charge >= 0.3 is 0 Å². The number of carbonyl (C=O) groups is 1. The van der Waals surface area contributed by atoms with E-state index in [1.54, 1.807) is 12.1 Å². The highest BCUT2D eigenvalue weighted by Gasteiger charge is 2.17. The fraction of sp³-hybridized carbons (Fsp3) is 0.235. The van der Waals surface area contributed by atoms with Gasteiger partial charge in [-0.2, -0.15) is 0 Å². The van der Waals surface area contributed by atoms with Gasteiger partial charge in [0, 0.05) is 22.1 Å². The van der Waals surface area contributed by atoms with Crippen molar-refractivity contribution in [3.63, 3.8) is 0 Å². The van der Waals surface area contributed by atoms with Gasteiger partial charge in [0.25, 0.3) is 0 Å². The molecule has 0 spiro atoms. The third-order valence-electron chi connectivity index (χ3n) is 3.34. The highest BCUT2D eigenvalue weighted by molar-refractivity contribution is 14.1. The molecule has 0 unspecified atom stereocenters. The summed E-state index contributed by atoms with van der Waals surface area (Å²) < 4.78 is 46.8. The van der Waals surface area contributed by atoms with E-state index in [4.69, 9.17) is 10.5 Å². The van der Waals surface area contributed by atoms with Crippen LogP contribution in [0.15, 0.2) is 30.3 Å². The largest absolute Gasteiger partial charge is 0.372 e. The van der Waals surface area contributed by atoms with Crippen molar-refractivity contribution in [2.24, 2.45) is 5.73 Å². The molecule has 0 fully saturated rings. The predicted molar refractivity (Wildman–Crippen MR) is 92.5 cm³/mol. The second-order valence-electron chi connectivity index (χ2n) is 5.10. The molecule has 2 rings (SSSR count). The van der Waals surface area contributed by atoms with Crippen LogP contribution in [0.2, 0.25) is 0 Å². The molecule has 0 saturated carbocycles. The second kappa shape index (κ2) is 8.59. The SMILES string of the molecule is NCCOCC(=O)c1cc(F)c(F)cc1Cc1ccc(I)cc1F. The van der Waals surface area contributed by atoms with Gasteiger partial charge in [0.2, 0.25) is 0 Å². The Morgan fingerprint density at radius 2 is 1.75 bits per heavy atom. The van der Waals surface area contributed by atoms with E-state index in [0.717, 1.165) is 12.1 Å². The molecule has 0 bridgehead atoms. The fourth-order valence-electron chi connectivity index (χ4n) is 2.19. The maximum atomic E-state index is 14.0. The molecule has 0 saturated heterocycles. The summed E-state index contributed by atoms with van der Waals surface area (Å²) in [6, 6.07) is 6.33. The van der Waals surface area contributed by atoms with Gasteiger partial charge in [0.15, 0.2) is 17.4 Å². The number of rotatable bonds is 7. The lowest BCUT2D eigenvalue weighted by Gasteiger charge is -2.11. The highest BCUT2D eigenvalue weighted by Crippen LogP contribution is 2.22. The van der Waals surface area contributed by atoms with Crippen LogP contribution in [0.25, 0.3) is 0 Å². The van der Waals surface area contributed by atoms with Gasteiger partial charge in [-0.1, -0.05) is 6.07 Å². The minimum Gasteiger partial charge on any atom is -0.372 e. The molecule has 0 amide bonds. The van der Waals surface area contributed by atoms with Crippen molar-refractivity contribution in [3.8, 4) is 0 Å². The molecule has 2 aromatic carbocycles. The van der Waals surface area contributed by atoms with E-state index >= 15 is 0 Å². The topological polar surface area (TPSA) is 52.3 Å². The molecular weight excluding hydrogens is 434 g/mol. The Hall–Kier alpha value is -1.45. The number of hydrogen-bond donors (Lipinski definition) is 1. The lowest BCUT2D eigenvalue weighted by atomic mass is 9.96. The summed E-state index contributed by atoms with van der Waals surface area (Å²) in [5, 5.41) is 0. The molecule has 0 aliphatic carbocycles. The molecular formula is C17H15F3INO2. The number of halogens is 4. The molecule has 0 aromatic heterocycles. The van der Waals surface area contributed by atoms with Gasteiger partial charge in [-0.3, -0.25) is 4.79 Å². The fourth-order valence-corrected chi connectivity index (χ4v) is 2.64. The molecule has 2 aromatic rings. The van der Waals surface area contributed by atoms with E-state index in [2.05, 4.69) is 0 Å². The van der Waals surface area contributed by atoms with Gasteiger partial charge in [0.1, 0.15) is 12.4 Å². The lowest BCUT2D eigenvalue weighted by molar-refractivity contribution is 0.0772. The van der Waals surface area contributed by atoms with E-state index in [9.17, 15) is 18.0 Å². The predicted octanol–water partition coefficient (Wildman–Crippen LogP) is 3.46. The first-order valence-corrected chi connectivity index (χ1v) is 8.23. The van der Waals surface area contributed by atoms with E-state index in [-0.39, 0.29) is 37.3 Å². The summed E-state index contributed by atoms with van der Waals surface area (Å²) in [6.07, 6.45) is -0.0298. The summed E-state index contributed by atoms with van der Waals surface area (Å²) in [5.41, 5.74) is 5.74. The molecule has 24 heavy (non-hydrogen) atoms. The van der Waals surface area contributed by atoms with Crippen LogP contribution in [0.4, 0.5) is 13.2 Å². The molecule has 128 valence electrons. The third-order valence-corrected chi connectivity index (χ3v) is 4.01. The van der Waals surface area contributed by atoms with Crippen molar-refractivity contribution in [2.45, 2.75) is 6.42 Å². The monoisotopic (exact) mass is 449 g/mol. The van der Waals surface area contributed by atoms with Crippen LogP contribution in [0, 0.1) is 21.0 Å². The Morgan fingerprint density at radius 3 is 2.42 bits per heavy atom. The summed E-state index contributed by atoms with van der Waals surface area (Å²) in [7, 11) is 0. The van der Waals surface area contributed by atoms with Crippen LogP contribution in [-0.4, -0.2) is 25.5 Å².